The Balaban J connectivity index is 2.28. The maximum Gasteiger partial charge on any atom is 0.240 e. The van der Waals surface area contributed by atoms with Gasteiger partial charge < -0.3 is 10.5 Å². The number of hydrogen-bond donors (Lipinski definition) is 2. The van der Waals surface area contributed by atoms with Crippen molar-refractivity contribution in [1.82, 2.24) is 0 Å². The van der Waals surface area contributed by atoms with Gasteiger partial charge in [0.1, 0.15) is 16.4 Å². The van der Waals surface area contributed by atoms with Crippen LogP contribution in [0.15, 0.2) is 47.4 Å². The average molecular weight is 299 g/mol. The normalized spacial score (nSPS) is 11.3. The second-order valence-electron chi connectivity index (χ2n) is 3.80. The first-order valence-electron chi connectivity index (χ1n) is 5.22. The van der Waals surface area contributed by atoms with E-state index in [9.17, 15) is 8.42 Å². The summed E-state index contributed by atoms with van der Waals surface area (Å²) in [7, 11) is -3.83. The Kier molecular flexibility index (Phi) is 3.66. The molecule has 0 aliphatic heterocycles. The molecule has 0 radical (unpaired) electrons. The number of nitrogen functional groups attached to an aromatic ring is 1. The Morgan fingerprint density at radius 3 is 2.11 bits per heavy atom. The zero-order valence-electron chi connectivity index (χ0n) is 9.71. The van der Waals surface area contributed by atoms with Crippen molar-refractivity contribution in [2.24, 2.45) is 5.14 Å². The van der Waals surface area contributed by atoms with Gasteiger partial charge in [0.05, 0.1) is 5.69 Å². The second-order valence-corrected chi connectivity index (χ2v) is 5.77. The number of rotatable bonds is 3. The molecule has 0 amide bonds. The van der Waals surface area contributed by atoms with E-state index in [2.05, 4.69) is 0 Å². The van der Waals surface area contributed by atoms with Crippen LogP contribution in [0.2, 0.25) is 5.02 Å². The summed E-state index contributed by atoms with van der Waals surface area (Å²) in [6.45, 7) is 0. The quantitative estimate of drug-likeness (QED) is 0.850. The van der Waals surface area contributed by atoms with Crippen LogP contribution in [0.5, 0.6) is 11.5 Å². The molecule has 4 N–H and O–H groups in total. The molecular weight excluding hydrogens is 288 g/mol. The molecule has 0 aromatic heterocycles. The van der Waals surface area contributed by atoms with Gasteiger partial charge in [0.25, 0.3) is 0 Å². The van der Waals surface area contributed by atoms with E-state index in [1.165, 1.54) is 18.2 Å². The first-order chi connectivity index (χ1) is 8.86. The van der Waals surface area contributed by atoms with E-state index in [0.717, 1.165) is 0 Å². The fourth-order valence-electron chi connectivity index (χ4n) is 1.49. The average Bonchev–Trinajstić information content (AvgIpc) is 2.30. The van der Waals surface area contributed by atoms with Gasteiger partial charge in [-0.25, -0.2) is 13.6 Å². The molecule has 2 aromatic rings. The third-order valence-corrected chi connectivity index (χ3v) is 3.57. The predicted octanol–water partition coefficient (Wildman–Crippen LogP) is 2.36. The van der Waals surface area contributed by atoms with Gasteiger partial charge >= 0.3 is 0 Å². The van der Waals surface area contributed by atoms with E-state index in [1.54, 1.807) is 24.3 Å². The number of ether oxygens (including phenoxy) is 1. The van der Waals surface area contributed by atoms with Crippen LogP contribution in [0.25, 0.3) is 0 Å². The summed E-state index contributed by atoms with van der Waals surface area (Å²) in [5.41, 5.74) is 5.66. The van der Waals surface area contributed by atoms with Gasteiger partial charge in [0.15, 0.2) is 0 Å². The highest BCUT2D eigenvalue weighted by Gasteiger charge is 2.12. The molecule has 0 aliphatic rings. The molecule has 7 heteroatoms. The molecule has 0 bridgehead atoms. The highest BCUT2D eigenvalue weighted by atomic mass is 35.5. The van der Waals surface area contributed by atoms with Crippen molar-refractivity contribution in [2.45, 2.75) is 4.90 Å². The van der Waals surface area contributed by atoms with Crippen LogP contribution in [0.3, 0.4) is 0 Å². The lowest BCUT2D eigenvalue weighted by Crippen LogP contribution is -2.14. The fraction of sp³-hybridized carbons (Fsp3) is 0. The van der Waals surface area contributed by atoms with Crippen molar-refractivity contribution in [3.05, 3.63) is 47.5 Å². The minimum absolute atomic E-state index is 0.0361. The Labute approximate surface area is 115 Å². The monoisotopic (exact) mass is 298 g/mol. The van der Waals surface area contributed by atoms with Crippen LogP contribution in [-0.4, -0.2) is 8.42 Å². The maximum atomic E-state index is 11.2. The summed E-state index contributed by atoms with van der Waals surface area (Å²) in [6.07, 6.45) is 0. The minimum atomic E-state index is -3.83. The Morgan fingerprint density at radius 1 is 1.00 bits per heavy atom. The largest absolute Gasteiger partial charge is 0.457 e. The zero-order chi connectivity index (χ0) is 14.0. The first kappa shape index (κ1) is 13.7. The van der Waals surface area contributed by atoms with Gasteiger partial charge in [0.2, 0.25) is 10.0 Å². The third-order valence-electron chi connectivity index (χ3n) is 2.34. The molecule has 0 fully saturated rings. The summed E-state index contributed by atoms with van der Waals surface area (Å²) < 4.78 is 27.9. The highest BCUT2D eigenvalue weighted by molar-refractivity contribution is 7.89. The first-order valence-corrected chi connectivity index (χ1v) is 7.14. The Morgan fingerprint density at radius 2 is 1.58 bits per heavy atom. The molecule has 0 unspecified atom stereocenters. The van der Waals surface area contributed by atoms with Gasteiger partial charge in [-0.15, -0.1) is 0 Å². The fourth-order valence-corrected chi connectivity index (χ4v) is 2.26. The smallest absolute Gasteiger partial charge is 0.240 e. The maximum absolute atomic E-state index is 11.2. The zero-order valence-corrected chi connectivity index (χ0v) is 11.3. The summed E-state index contributed by atoms with van der Waals surface area (Å²) in [6, 6.07) is 10.9. The highest BCUT2D eigenvalue weighted by Crippen LogP contribution is 2.27. The van der Waals surface area contributed by atoms with E-state index in [1.807, 2.05) is 0 Å². The number of halogens is 1. The molecule has 0 saturated carbocycles. The third kappa shape index (κ3) is 3.37. The topological polar surface area (TPSA) is 95.4 Å². The molecule has 0 spiro atoms. The Bertz CT molecular complexity index is 699. The number of primary sulfonamides is 1. The predicted molar refractivity (Wildman–Crippen MR) is 73.8 cm³/mol. The molecule has 2 aromatic carbocycles. The van der Waals surface area contributed by atoms with Crippen molar-refractivity contribution in [3.63, 3.8) is 0 Å². The lowest BCUT2D eigenvalue weighted by atomic mass is 10.3. The molecule has 100 valence electrons. The molecule has 0 atom stereocenters. The van der Waals surface area contributed by atoms with E-state index in [-0.39, 0.29) is 10.6 Å². The van der Waals surface area contributed by atoms with E-state index in [0.29, 0.717) is 16.5 Å². The van der Waals surface area contributed by atoms with Gasteiger partial charge in [0, 0.05) is 11.1 Å². The Hall–Kier alpha value is -1.76. The summed E-state index contributed by atoms with van der Waals surface area (Å²) in [4.78, 5) is -0.129. The number of nitrogens with two attached hydrogens (primary N) is 2. The number of sulfonamides is 1. The second kappa shape index (κ2) is 5.08. The number of hydrogen-bond acceptors (Lipinski definition) is 4. The van der Waals surface area contributed by atoms with Crippen molar-refractivity contribution in [2.75, 3.05) is 5.73 Å². The molecule has 0 heterocycles. The van der Waals surface area contributed by atoms with Crippen LogP contribution in [0.1, 0.15) is 0 Å². The lowest BCUT2D eigenvalue weighted by Gasteiger charge is -2.08. The summed E-state index contributed by atoms with van der Waals surface area (Å²) >= 11 is 5.75. The van der Waals surface area contributed by atoms with Gasteiger partial charge in [-0.2, -0.15) is 0 Å². The summed E-state index contributed by atoms with van der Waals surface area (Å²) in [5, 5.41) is 5.61. The van der Waals surface area contributed by atoms with E-state index in [4.69, 9.17) is 27.2 Å². The molecule has 19 heavy (non-hydrogen) atoms. The van der Waals surface area contributed by atoms with E-state index < -0.39 is 10.0 Å². The van der Waals surface area contributed by atoms with E-state index >= 15 is 0 Å². The number of anilines is 1. The minimum Gasteiger partial charge on any atom is -0.457 e. The SMILES string of the molecule is Nc1cc(Oc2ccc(Cl)cc2)ccc1S(N)(=O)=O. The van der Waals surface area contributed by atoms with Crippen LogP contribution in [0, 0.1) is 0 Å². The van der Waals surface area contributed by atoms with Gasteiger partial charge in [-0.05, 0) is 36.4 Å². The standard InChI is InChI=1S/C12H11ClN2O3S/c13-8-1-3-9(4-2-8)18-10-5-6-12(11(14)7-10)19(15,16)17/h1-7H,14H2,(H2,15,16,17). The molecule has 0 aliphatic carbocycles. The van der Waals surface area contributed by atoms with Gasteiger partial charge in [-0.3, -0.25) is 0 Å². The van der Waals surface area contributed by atoms with Crippen LogP contribution in [0.4, 0.5) is 5.69 Å². The molecule has 0 saturated heterocycles. The number of benzene rings is 2. The molecular formula is C12H11ClN2O3S. The lowest BCUT2D eigenvalue weighted by molar-refractivity contribution is 0.482. The van der Waals surface area contributed by atoms with Crippen LogP contribution in [-0.2, 0) is 10.0 Å². The molecule has 2 rings (SSSR count). The van der Waals surface area contributed by atoms with Crippen molar-refractivity contribution in [3.8, 4) is 11.5 Å². The van der Waals surface area contributed by atoms with Gasteiger partial charge in [-0.1, -0.05) is 11.6 Å². The van der Waals surface area contributed by atoms with Crippen molar-refractivity contribution >= 4 is 27.3 Å². The summed E-state index contributed by atoms with van der Waals surface area (Å²) in [5.74, 6) is 0.972. The van der Waals surface area contributed by atoms with Crippen LogP contribution >= 0.6 is 11.6 Å². The molecule has 5 nitrogen and oxygen atoms in total. The van der Waals surface area contributed by atoms with Crippen LogP contribution < -0.4 is 15.6 Å². The van der Waals surface area contributed by atoms with Crippen molar-refractivity contribution < 1.29 is 13.2 Å². The van der Waals surface area contributed by atoms with Crippen molar-refractivity contribution in [1.29, 1.82) is 0 Å².